The summed E-state index contributed by atoms with van der Waals surface area (Å²) in [5.74, 6) is 0. The molecule has 142 valence electrons. The third kappa shape index (κ3) is 3.32. The molecular formula is C20H21F3N4. The lowest BCUT2D eigenvalue weighted by molar-refractivity contribution is -0.137. The number of hydrogen-bond donors (Lipinski definition) is 0. The Hall–Kier alpha value is -2.75. The average molecular weight is 374 g/mol. The highest BCUT2D eigenvalue weighted by Gasteiger charge is 2.42. The number of nitrogens with zero attached hydrogens (tertiary/aromatic N) is 4. The smallest absolute Gasteiger partial charge is 0.368 e. The molecule has 27 heavy (non-hydrogen) atoms. The molecule has 0 spiro atoms. The summed E-state index contributed by atoms with van der Waals surface area (Å²) in [6.45, 7) is 6.67. The van der Waals surface area contributed by atoms with Crippen molar-refractivity contribution in [3.05, 3.63) is 54.1 Å². The van der Waals surface area contributed by atoms with Gasteiger partial charge in [-0.25, -0.2) is 4.98 Å². The minimum Gasteiger partial charge on any atom is -0.368 e. The van der Waals surface area contributed by atoms with Crippen LogP contribution in [0, 0.1) is 16.7 Å². The third-order valence-electron chi connectivity index (χ3n) is 5.29. The van der Waals surface area contributed by atoms with Gasteiger partial charge in [-0.05, 0) is 31.5 Å². The molecule has 1 heterocycles. The molecule has 1 unspecified atom stereocenters. The fraction of sp³-hybridized carbons (Fsp3) is 0.400. The Labute approximate surface area is 156 Å². The van der Waals surface area contributed by atoms with E-state index in [1.807, 2.05) is 22.6 Å². The van der Waals surface area contributed by atoms with Crippen molar-refractivity contribution in [2.45, 2.75) is 39.4 Å². The Morgan fingerprint density at radius 1 is 1.37 bits per heavy atom. The Morgan fingerprint density at radius 2 is 2.11 bits per heavy atom. The highest BCUT2D eigenvalue weighted by molar-refractivity contribution is 5.62. The Balaban J connectivity index is 1.98. The van der Waals surface area contributed by atoms with E-state index in [9.17, 15) is 13.2 Å². The van der Waals surface area contributed by atoms with Crippen LogP contribution < -0.4 is 4.90 Å². The van der Waals surface area contributed by atoms with Crippen LogP contribution in [-0.4, -0.2) is 22.1 Å². The number of halogens is 3. The van der Waals surface area contributed by atoms with Crippen LogP contribution in [0.3, 0.4) is 0 Å². The van der Waals surface area contributed by atoms with E-state index in [1.54, 1.807) is 24.7 Å². The summed E-state index contributed by atoms with van der Waals surface area (Å²) in [5.41, 5.74) is 0.0169. The van der Waals surface area contributed by atoms with Gasteiger partial charge in [0.2, 0.25) is 0 Å². The van der Waals surface area contributed by atoms with Crippen LogP contribution >= 0.6 is 0 Å². The van der Waals surface area contributed by atoms with Crippen LogP contribution in [0.2, 0.25) is 0 Å². The topological polar surface area (TPSA) is 44.9 Å². The SMILES string of the molecule is CCN(c1ccc(C#N)c(C(F)(F)F)c1)C1CC=C(n2ccnc2)C1(C)C. The van der Waals surface area contributed by atoms with E-state index in [2.05, 4.69) is 24.9 Å². The first-order valence-corrected chi connectivity index (χ1v) is 8.77. The van der Waals surface area contributed by atoms with Crippen LogP contribution in [0.5, 0.6) is 0 Å². The molecule has 0 saturated carbocycles. The van der Waals surface area contributed by atoms with Crippen molar-refractivity contribution >= 4 is 11.4 Å². The monoisotopic (exact) mass is 374 g/mol. The molecule has 3 rings (SSSR count). The molecule has 0 saturated heterocycles. The van der Waals surface area contributed by atoms with E-state index in [-0.39, 0.29) is 17.0 Å². The van der Waals surface area contributed by atoms with Crippen LogP contribution in [0.1, 0.15) is 38.3 Å². The second kappa shape index (κ2) is 6.76. The normalized spacial score (nSPS) is 18.9. The molecule has 1 aliphatic carbocycles. The molecule has 0 fully saturated rings. The second-order valence-electron chi connectivity index (χ2n) is 7.16. The molecule has 2 aromatic rings. The maximum atomic E-state index is 13.4. The Morgan fingerprint density at radius 3 is 2.67 bits per heavy atom. The zero-order chi connectivity index (χ0) is 19.8. The molecule has 1 aromatic carbocycles. The van der Waals surface area contributed by atoms with Gasteiger partial charge in [0.25, 0.3) is 0 Å². The highest BCUT2D eigenvalue weighted by atomic mass is 19.4. The molecule has 4 nitrogen and oxygen atoms in total. The van der Waals surface area contributed by atoms with Gasteiger partial charge >= 0.3 is 6.18 Å². The first-order chi connectivity index (χ1) is 12.7. The first-order valence-electron chi connectivity index (χ1n) is 8.77. The zero-order valence-electron chi connectivity index (χ0n) is 15.5. The minimum atomic E-state index is -4.56. The average Bonchev–Trinajstić information content (AvgIpc) is 3.23. The number of aromatic nitrogens is 2. The fourth-order valence-corrected chi connectivity index (χ4v) is 3.93. The molecule has 0 N–H and O–H groups in total. The van der Waals surface area contributed by atoms with Crippen molar-refractivity contribution in [3.8, 4) is 6.07 Å². The van der Waals surface area contributed by atoms with Gasteiger partial charge < -0.3 is 9.47 Å². The van der Waals surface area contributed by atoms with Crippen molar-refractivity contribution in [1.29, 1.82) is 5.26 Å². The largest absolute Gasteiger partial charge is 0.417 e. The molecule has 1 atom stereocenters. The number of alkyl halides is 3. The molecule has 0 amide bonds. The van der Waals surface area contributed by atoms with Gasteiger partial charge in [-0.1, -0.05) is 19.9 Å². The van der Waals surface area contributed by atoms with Gasteiger partial charge in [-0.2, -0.15) is 18.4 Å². The lowest BCUT2D eigenvalue weighted by Crippen LogP contribution is -2.44. The molecule has 0 radical (unpaired) electrons. The van der Waals surface area contributed by atoms with Crippen molar-refractivity contribution in [2.24, 2.45) is 5.41 Å². The molecule has 1 aromatic heterocycles. The van der Waals surface area contributed by atoms with Gasteiger partial charge in [-0.15, -0.1) is 0 Å². The minimum absolute atomic E-state index is 0.00563. The second-order valence-corrected chi connectivity index (χ2v) is 7.16. The summed E-state index contributed by atoms with van der Waals surface area (Å²) in [5, 5.41) is 9.02. The predicted octanol–water partition coefficient (Wildman–Crippen LogP) is 4.94. The molecule has 0 aliphatic heterocycles. The fourth-order valence-electron chi connectivity index (χ4n) is 3.93. The highest BCUT2D eigenvalue weighted by Crippen LogP contribution is 2.45. The molecule has 1 aliphatic rings. The van der Waals surface area contributed by atoms with Gasteiger partial charge in [-0.3, -0.25) is 0 Å². The number of benzene rings is 1. The van der Waals surface area contributed by atoms with E-state index in [0.29, 0.717) is 12.2 Å². The van der Waals surface area contributed by atoms with Gasteiger partial charge in [0, 0.05) is 41.8 Å². The molecule has 7 heteroatoms. The zero-order valence-corrected chi connectivity index (χ0v) is 15.5. The lowest BCUT2D eigenvalue weighted by atomic mass is 9.83. The van der Waals surface area contributed by atoms with E-state index in [4.69, 9.17) is 5.26 Å². The molecule has 0 bridgehead atoms. The van der Waals surface area contributed by atoms with Gasteiger partial charge in [0.05, 0.1) is 23.5 Å². The quantitative estimate of drug-likeness (QED) is 0.761. The van der Waals surface area contributed by atoms with Crippen LogP contribution in [0.4, 0.5) is 18.9 Å². The van der Waals surface area contributed by atoms with E-state index in [1.165, 1.54) is 6.07 Å². The summed E-state index contributed by atoms with van der Waals surface area (Å²) in [6.07, 6.45) is 3.58. The predicted molar refractivity (Wildman–Crippen MR) is 97.9 cm³/mol. The summed E-state index contributed by atoms with van der Waals surface area (Å²) in [6, 6.07) is 5.58. The summed E-state index contributed by atoms with van der Waals surface area (Å²) < 4.78 is 42.1. The van der Waals surface area contributed by atoms with Crippen LogP contribution in [0.15, 0.2) is 43.0 Å². The Bertz CT molecular complexity index is 889. The standard InChI is InChI=1S/C20H21F3N4/c1-4-27(15-6-5-14(12-24)16(11-15)20(21,22)23)18-8-7-17(19(18,2)3)26-10-9-25-13-26/h5-7,9-11,13,18H,4,8H2,1-3H3. The lowest BCUT2D eigenvalue weighted by Gasteiger charge is -2.40. The van der Waals surface area contributed by atoms with E-state index < -0.39 is 11.7 Å². The summed E-state index contributed by atoms with van der Waals surface area (Å²) in [4.78, 5) is 6.07. The van der Waals surface area contributed by atoms with Crippen molar-refractivity contribution in [1.82, 2.24) is 9.55 Å². The first kappa shape index (κ1) is 19.0. The number of imidazole rings is 1. The van der Waals surface area contributed by atoms with Crippen LogP contribution in [0.25, 0.3) is 5.70 Å². The maximum Gasteiger partial charge on any atom is 0.417 e. The summed E-state index contributed by atoms with van der Waals surface area (Å²) in [7, 11) is 0. The summed E-state index contributed by atoms with van der Waals surface area (Å²) >= 11 is 0. The maximum absolute atomic E-state index is 13.4. The van der Waals surface area contributed by atoms with Crippen LogP contribution in [-0.2, 0) is 6.18 Å². The Kier molecular flexibility index (Phi) is 4.77. The number of anilines is 1. The number of rotatable bonds is 4. The van der Waals surface area contributed by atoms with E-state index in [0.717, 1.165) is 18.2 Å². The van der Waals surface area contributed by atoms with Crippen molar-refractivity contribution < 1.29 is 13.2 Å². The third-order valence-corrected chi connectivity index (χ3v) is 5.29. The van der Waals surface area contributed by atoms with Gasteiger partial charge in [0.15, 0.2) is 0 Å². The van der Waals surface area contributed by atoms with Crippen molar-refractivity contribution in [3.63, 3.8) is 0 Å². The van der Waals surface area contributed by atoms with E-state index >= 15 is 0 Å². The van der Waals surface area contributed by atoms with Gasteiger partial charge in [0.1, 0.15) is 0 Å². The van der Waals surface area contributed by atoms with Crippen molar-refractivity contribution in [2.75, 3.05) is 11.4 Å². The number of nitriles is 1. The number of hydrogen-bond acceptors (Lipinski definition) is 3. The molecular weight excluding hydrogens is 353 g/mol.